The number of hydrogen-bond acceptors (Lipinski definition) is 4. The van der Waals surface area contributed by atoms with Crippen LogP contribution in [0.25, 0.3) is 0 Å². The van der Waals surface area contributed by atoms with Gasteiger partial charge in [-0.05, 0) is 42.8 Å². The molecule has 142 valence electrons. The van der Waals surface area contributed by atoms with E-state index in [2.05, 4.69) is 22.5 Å². The van der Waals surface area contributed by atoms with E-state index in [1.807, 2.05) is 19.1 Å². The van der Waals surface area contributed by atoms with Gasteiger partial charge in [0.2, 0.25) is 5.91 Å². The van der Waals surface area contributed by atoms with Crippen LogP contribution >= 0.6 is 0 Å². The highest BCUT2D eigenvalue weighted by atomic mass is 16.5. The highest BCUT2D eigenvalue weighted by Crippen LogP contribution is 2.17. The summed E-state index contributed by atoms with van der Waals surface area (Å²) in [7, 11) is 0. The molecule has 0 heterocycles. The zero-order valence-corrected chi connectivity index (χ0v) is 15.5. The third-order valence-corrected chi connectivity index (χ3v) is 3.62. The Balaban J connectivity index is 1.83. The zero-order chi connectivity index (χ0) is 19.5. The lowest BCUT2D eigenvalue weighted by molar-refractivity contribution is -0.114. The predicted molar refractivity (Wildman–Crippen MR) is 108 cm³/mol. The van der Waals surface area contributed by atoms with Gasteiger partial charge in [0.1, 0.15) is 12.4 Å². The first kappa shape index (κ1) is 20.0. The van der Waals surface area contributed by atoms with Crippen LogP contribution in [0.4, 0.5) is 11.4 Å². The third kappa shape index (κ3) is 6.86. The second kappa shape index (κ2) is 10.7. The number of hydrogen-bond donors (Lipinski definition) is 3. The summed E-state index contributed by atoms with van der Waals surface area (Å²) in [6.45, 7) is 6.78. The van der Waals surface area contributed by atoms with Crippen LogP contribution in [0.15, 0.2) is 61.2 Å². The van der Waals surface area contributed by atoms with Crippen molar-refractivity contribution in [2.75, 3.05) is 30.3 Å². The maximum atomic E-state index is 12.1. The average Bonchev–Trinajstić information content (AvgIpc) is 2.69. The van der Waals surface area contributed by atoms with E-state index in [1.54, 1.807) is 42.5 Å². The lowest BCUT2D eigenvalue weighted by Crippen LogP contribution is -2.24. The van der Waals surface area contributed by atoms with Crippen molar-refractivity contribution >= 4 is 23.2 Å². The molecule has 0 saturated heterocycles. The maximum absolute atomic E-state index is 12.1. The van der Waals surface area contributed by atoms with E-state index in [1.165, 1.54) is 0 Å². The van der Waals surface area contributed by atoms with Gasteiger partial charge in [-0.25, -0.2) is 0 Å². The molecule has 27 heavy (non-hydrogen) atoms. The number of ether oxygens (including phenoxy) is 1. The Labute approximate surface area is 159 Å². The molecule has 2 rings (SSSR count). The zero-order valence-electron chi connectivity index (χ0n) is 15.5. The van der Waals surface area contributed by atoms with Gasteiger partial charge in [-0.15, -0.1) is 0 Å². The quantitative estimate of drug-likeness (QED) is 0.562. The fourth-order valence-electron chi connectivity index (χ4n) is 2.29. The van der Waals surface area contributed by atoms with Gasteiger partial charge in [0.25, 0.3) is 5.91 Å². The van der Waals surface area contributed by atoms with E-state index >= 15 is 0 Å². The number of carbonyl (C=O) groups is 2. The lowest BCUT2D eigenvalue weighted by Gasteiger charge is -2.10. The largest absolute Gasteiger partial charge is 0.489 e. The molecule has 0 aliphatic rings. The van der Waals surface area contributed by atoms with Gasteiger partial charge < -0.3 is 20.7 Å². The van der Waals surface area contributed by atoms with Crippen LogP contribution in [0.3, 0.4) is 0 Å². The van der Waals surface area contributed by atoms with Gasteiger partial charge in [-0.3, -0.25) is 9.59 Å². The Hall–Kier alpha value is -3.28. The van der Waals surface area contributed by atoms with Crippen LogP contribution in [-0.2, 0) is 4.79 Å². The van der Waals surface area contributed by atoms with Crippen LogP contribution in [-0.4, -0.2) is 31.5 Å². The molecular formula is C21H25N3O3. The fraction of sp³-hybridized carbons (Fsp3) is 0.238. The van der Waals surface area contributed by atoms with Crippen LogP contribution in [0.1, 0.15) is 23.7 Å². The second-order valence-corrected chi connectivity index (χ2v) is 5.86. The van der Waals surface area contributed by atoms with Gasteiger partial charge in [-0.2, -0.15) is 0 Å². The summed E-state index contributed by atoms with van der Waals surface area (Å²) in [5.41, 5.74) is 2.02. The monoisotopic (exact) mass is 367 g/mol. The fourth-order valence-corrected chi connectivity index (χ4v) is 2.29. The predicted octanol–water partition coefficient (Wildman–Crippen LogP) is 3.44. The van der Waals surface area contributed by atoms with Gasteiger partial charge >= 0.3 is 0 Å². The highest BCUT2D eigenvalue weighted by molar-refractivity contribution is 5.95. The Bertz CT molecular complexity index is 772. The summed E-state index contributed by atoms with van der Waals surface area (Å²) >= 11 is 0. The number of benzene rings is 2. The maximum Gasteiger partial charge on any atom is 0.251 e. The normalized spacial score (nSPS) is 9.96. The molecule has 0 spiro atoms. The molecule has 2 aromatic carbocycles. The molecule has 6 nitrogen and oxygen atoms in total. The lowest BCUT2D eigenvalue weighted by atomic mass is 10.2. The molecule has 2 aromatic rings. The van der Waals surface area contributed by atoms with Crippen molar-refractivity contribution in [3.63, 3.8) is 0 Å². The number of nitrogens with one attached hydrogen (secondary N) is 3. The summed E-state index contributed by atoms with van der Waals surface area (Å²) in [6, 6.07) is 14.2. The van der Waals surface area contributed by atoms with Crippen molar-refractivity contribution in [1.29, 1.82) is 0 Å². The van der Waals surface area contributed by atoms with Crippen LogP contribution in [0, 0.1) is 0 Å². The summed E-state index contributed by atoms with van der Waals surface area (Å²) in [4.78, 5) is 24.0. The molecule has 0 saturated carbocycles. The first-order valence-electron chi connectivity index (χ1n) is 8.88. The number of carbonyl (C=O) groups excluding carboxylic acids is 2. The van der Waals surface area contributed by atoms with E-state index in [4.69, 9.17) is 4.74 Å². The minimum absolute atomic E-state index is 0.0975. The van der Waals surface area contributed by atoms with Gasteiger partial charge in [0.05, 0.1) is 6.54 Å². The van der Waals surface area contributed by atoms with Crippen molar-refractivity contribution in [1.82, 2.24) is 5.32 Å². The van der Waals surface area contributed by atoms with Crippen molar-refractivity contribution in [3.05, 3.63) is 66.7 Å². The Morgan fingerprint density at radius 3 is 2.59 bits per heavy atom. The molecule has 0 bridgehead atoms. The molecule has 0 radical (unpaired) electrons. The van der Waals surface area contributed by atoms with Crippen molar-refractivity contribution in [2.45, 2.75) is 13.3 Å². The van der Waals surface area contributed by atoms with Crippen molar-refractivity contribution in [3.8, 4) is 5.75 Å². The van der Waals surface area contributed by atoms with Gasteiger partial charge in [-0.1, -0.05) is 25.6 Å². The van der Waals surface area contributed by atoms with Crippen LogP contribution < -0.4 is 20.7 Å². The van der Waals surface area contributed by atoms with Gasteiger partial charge in [0, 0.05) is 29.5 Å². The van der Waals surface area contributed by atoms with E-state index in [0.717, 1.165) is 12.1 Å². The average molecular weight is 367 g/mol. The molecule has 0 aromatic heterocycles. The van der Waals surface area contributed by atoms with Crippen molar-refractivity contribution < 1.29 is 14.3 Å². The van der Waals surface area contributed by atoms with Crippen molar-refractivity contribution in [2.24, 2.45) is 0 Å². The Morgan fingerprint density at radius 2 is 1.89 bits per heavy atom. The summed E-state index contributed by atoms with van der Waals surface area (Å²) in [6.07, 6.45) is 2.55. The number of rotatable bonds is 10. The molecular weight excluding hydrogens is 342 g/mol. The van der Waals surface area contributed by atoms with Crippen LogP contribution in [0.5, 0.6) is 5.75 Å². The molecule has 0 fully saturated rings. The SMILES string of the molecule is C=CCOc1cccc(NC(=O)CNc2ccc(C(=O)NCCC)cc2)c1. The molecule has 0 atom stereocenters. The van der Waals surface area contributed by atoms with Crippen LogP contribution in [0.2, 0.25) is 0 Å². The molecule has 0 aliphatic carbocycles. The first-order chi connectivity index (χ1) is 13.1. The van der Waals surface area contributed by atoms with E-state index in [9.17, 15) is 9.59 Å². The van der Waals surface area contributed by atoms with Gasteiger partial charge in [0.15, 0.2) is 0 Å². The highest BCUT2D eigenvalue weighted by Gasteiger charge is 2.06. The number of anilines is 2. The summed E-state index contributed by atoms with van der Waals surface area (Å²) < 4.78 is 5.44. The second-order valence-electron chi connectivity index (χ2n) is 5.86. The smallest absolute Gasteiger partial charge is 0.251 e. The molecule has 6 heteroatoms. The third-order valence-electron chi connectivity index (χ3n) is 3.62. The Kier molecular flexibility index (Phi) is 7.91. The number of amides is 2. The molecule has 2 amide bonds. The van der Waals surface area contributed by atoms with E-state index in [-0.39, 0.29) is 18.4 Å². The topological polar surface area (TPSA) is 79.5 Å². The minimum atomic E-state index is -0.180. The molecule has 0 unspecified atom stereocenters. The van der Waals surface area contributed by atoms with E-state index in [0.29, 0.717) is 30.2 Å². The molecule has 0 aliphatic heterocycles. The summed E-state index contributed by atoms with van der Waals surface area (Å²) in [5.74, 6) is 0.387. The molecule has 3 N–H and O–H groups in total. The minimum Gasteiger partial charge on any atom is -0.489 e. The standard InChI is InChI=1S/C21H25N3O3/c1-3-12-22-21(26)16-8-10-17(11-9-16)23-15-20(25)24-18-6-5-7-19(14-18)27-13-4-2/h4-11,14,23H,2-3,12-13,15H2,1H3,(H,22,26)(H,24,25). The summed E-state index contributed by atoms with van der Waals surface area (Å²) in [5, 5.41) is 8.67. The Morgan fingerprint density at radius 1 is 1.11 bits per heavy atom. The van der Waals surface area contributed by atoms with E-state index < -0.39 is 0 Å². The first-order valence-corrected chi connectivity index (χ1v) is 8.88.